The summed E-state index contributed by atoms with van der Waals surface area (Å²) in [6.45, 7) is 6.17. The molecule has 0 radical (unpaired) electrons. The summed E-state index contributed by atoms with van der Waals surface area (Å²) in [6.07, 6.45) is 5.13. The van der Waals surface area contributed by atoms with Crippen LogP contribution < -0.4 is 10.6 Å². The van der Waals surface area contributed by atoms with Crippen molar-refractivity contribution in [2.75, 3.05) is 11.9 Å². The molecule has 0 atom stereocenters. The Hall–Kier alpha value is -2.41. The molecule has 0 unspecified atom stereocenters. The summed E-state index contributed by atoms with van der Waals surface area (Å²) in [4.78, 5) is 20.1. The van der Waals surface area contributed by atoms with Crippen LogP contribution in [0.5, 0.6) is 0 Å². The van der Waals surface area contributed by atoms with Gasteiger partial charge in [0.15, 0.2) is 0 Å². The van der Waals surface area contributed by atoms with Crippen LogP contribution in [0.3, 0.4) is 0 Å². The van der Waals surface area contributed by atoms with E-state index in [9.17, 15) is 9.18 Å². The fourth-order valence-corrected chi connectivity index (χ4v) is 3.73. The Morgan fingerprint density at radius 2 is 2.00 bits per heavy atom. The molecular formula is C22H28ClFN4O2. The van der Waals surface area contributed by atoms with Crippen LogP contribution in [0.4, 0.5) is 15.0 Å². The standard InChI is InChI=1S/C22H28ClFN4O2/c1-22(2,3)30-21(29)26-12-14-7-9-15(10-8-14)27-20-11-16(17(23)13-25-20)18-5-4-6-19(24)28-18/h4-6,11,13-15H,7-10,12H2,1-3H3,(H,25,27)(H,26,29). The number of halogens is 2. The van der Waals surface area contributed by atoms with Gasteiger partial charge in [0, 0.05) is 24.3 Å². The number of carbonyl (C=O) groups excluding carboxylic acids is 1. The molecule has 2 aromatic heterocycles. The van der Waals surface area contributed by atoms with E-state index in [0.717, 1.165) is 25.7 Å². The van der Waals surface area contributed by atoms with Crippen molar-refractivity contribution >= 4 is 23.5 Å². The minimum absolute atomic E-state index is 0.282. The van der Waals surface area contributed by atoms with Crippen molar-refractivity contribution < 1.29 is 13.9 Å². The molecule has 0 saturated heterocycles. The van der Waals surface area contributed by atoms with Crippen molar-refractivity contribution in [1.82, 2.24) is 15.3 Å². The first-order valence-corrected chi connectivity index (χ1v) is 10.6. The molecule has 0 aliphatic heterocycles. The van der Waals surface area contributed by atoms with Crippen LogP contribution in [-0.2, 0) is 4.74 Å². The zero-order valence-electron chi connectivity index (χ0n) is 17.5. The summed E-state index contributed by atoms with van der Waals surface area (Å²) in [7, 11) is 0. The molecule has 1 amide bonds. The zero-order valence-corrected chi connectivity index (χ0v) is 18.3. The Morgan fingerprint density at radius 1 is 1.27 bits per heavy atom. The highest BCUT2D eigenvalue weighted by atomic mass is 35.5. The van der Waals surface area contributed by atoms with Crippen LogP contribution in [0.25, 0.3) is 11.3 Å². The molecule has 1 fully saturated rings. The Kier molecular flexibility index (Phi) is 7.13. The Morgan fingerprint density at radius 3 is 2.67 bits per heavy atom. The maximum atomic E-state index is 13.5. The fraction of sp³-hybridized carbons (Fsp3) is 0.500. The number of carbonyl (C=O) groups is 1. The van der Waals surface area contributed by atoms with Gasteiger partial charge in [-0.05, 0) is 70.6 Å². The van der Waals surface area contributed by atoms with E-state index >= 15 is 0 Å². The monoisotopic (exact) mass is 434 g/mol. The van der Waals surface area contributed by atoms with E-state index in [1.165, 1.54) is 6.07 Å². The highest BCUT2D eigenvalue weighted by Gasteiger charge is 2.23. The highest BCUT2D eigenvalue weighted by Crippen LogP contribution is 2.30. The summed E-state index contributed by atoms with van der Waals surface area (Å²) in [5.74, 6) is 0.574. The first-order valence-electron chi connectivity index (χ1n) is 10.2. The Balaban J connectivity index is 1.52. The second-order valence-corrected chi connectivity index (χ2v) is 9.05. The third-order valence-electron chi connectivity index (χ3n) is 4.98. The van der Waals surface area contributed by atoms with E-state index in [1.54, 1.807) is 24.4 Å². The average molecular weight is 435 g/mol. The van der Waals surface area contributed by atoms with Crippen molar-refractivity contribution in [3.8, 4) is 11.3 Å². The molecule has 0 bridgehead atoms. The molecule has 8 heteroatoms. The maximum absolute atomic E-state index is 13.5. The quantitative estimate of drug-likeness (QED) is 0.613. The topological polar surface area (TPSA) is 76.1 Å². The largest absolute Gasteiger partial charge is 0.444 e. The van der Waals surface area contributed by atoms with Crippen LogP contribution in [-0.4, -0.2) is 34.2 Å². The average Bonchev–Trinajstić information content (AvgIpc) is 2.67. The van der Waals surface area contributed by atoms with Crippen molar-refractivity contribution in [3.05, 3.63) is 41.4 Å². The minimum Gasteiger partial charge on any atom is -0.444 e. The normalized spacial score (nSPS) is 19.2. The number of amides is 1. The molecule has 1 saturated carbocycles. The predicted octanol–water partition coefficient (Wildman–Crippen LogP) is 5.43. The molecule has 1 aliphatic rings. The van der Waals surface area contributed by atoms with E-state index in [2.05, 4.69) is 20.6 Å². The molecule has 2 N–H and O–H groups in total. The second-order valence-electron chi connectivity index (χ2n) is 8.64. The summed E-state index contributed by atoms with van der Waals surface area (Å²) in [5.41, 5.74) is 0.628. The number of ether oxygens (including phenoxy) is 1. The number of aromatic nitrogens is 2. The highest BCUT2D eigenvalue weighted by molar-refractivity contribution is 6.33. The van der Waals surface area contributed by atoms with Crippen molar-refractivity contribution in [3.63, 3.8) is 0 Å². The predicted molar refractivity (Wildman–Crippen MR) is 116 cm³/mol. The van der Waals surface area contributed by atoms with E-state index in [0.29, 0.717) is 34.6 Å². The third-order valence-corrected chi connectivity index (χ3v) is 5.28. The molecule has 2 aromatic rings. The maximum Gasteiger partial charge on any atom is 0.407 e. The number of nitrogens with zero attached hydrogens (tertiary/aromatic N) is 2. The molecule has 0 spiro atoms. The summed E-state index contributed by atoms with van der Waals surface area (Å²) in [5, 5.41) is 6.74. The second kappa shape index (κ2) is 9.60. The van der Waals surface area contributed by atoms with Gasteiger partial charge in [0.25, 0.3) is 0 Å². The van der Waals surface area contributed by atoms with Gasteiger partial charge in [0.05, 0.1) is 10.7 Å². The van der Waals surface area contributed by atoms with Gasteiger partial charge in [-0.3, -0.25) is 0 Å². The van der Waals surface area contributed by atoms with Crippen LogP contribution >= 0.6 is 11.6 Å². The van der Waals surface area contributed by atoms with Gasteiger partial charge in [0.2, 0.25) is 5.95 Å². The lowest BCUT2D eigenvalue weighted by Crippen LogP contribution is -2.37. The van der Waals surface area contributed by atoms with Crippen LogP contribution in [0.15, 0.2) is 30.5 Å². The lowest BCUT2D eigenvalue weighted by molar-refractivity contribution is 0.0515. The molecule has 2 heterocycles. The molecule has 6 nitrogen and oxygen atoms in total. The smallest absolute Gasteiger partial charge is 0.407 e. The zero-order chi connectivity index (χ0) is 21.7. The van der Waals surface area contributed by atoms with Crippen molar-refractivity contribution in [1.29, 1.82) is 0 Å². The molecule has 1 aliphatic carbocycles. The van der Waals surface area contributed by atoms with E-state index in [1.807, 2.05) is 20.8 Å². The molecule has 162 valence electrons. The van der Waals surface area contributed by atoms with Crippen molar-refractivity contribution in [2.45, 2.75) is 58.1 Å². The van der Waals surface area contributed by atoms with E-state index in [-0.39, 0.29) is 12.1 Å². The molecule has 0 aromatic carbocycles. The number of nitrogens with one attached hydrogen (secondary N) is 2. The van der Waals surface area contributed by atoms with Gasteiger partial charge in [0.1, 0.15) is 11.4 Å². The van der Waals surface area contributed by atoms with Crippen LogP contribution in [0.2, 0.25) is 5.02 Å². The van der Waals surface area contributed by atoms with E-state index < -0.39 is 11.5 Å². The molecule has 3 rings (SSSR count). The Bertz CT molecular complexity index is 880. The number of rotatable bonds is 5. The first-order chi connectivity index (χ1) is 14.2. The Labute approximate surface area is 181 Å². The lowest BCUT2D eigenvalue weighted by atomic mass is 9.86. The summed E-state index contributed by atoms with van der Waals surface area (Å²) < 4.78 is 18.8. The van der Waals surface area contributed by atoms with Crippen LogP contribution in [0, 0.1) is 11.9 Å². The first kappa shape index (κ1) is 22.3. The van der Waals surface area contributed by atoms with Gasteiger partial charge in [-0.15, -0.1) is 0 Å². The lowest BCUT2D eigenvalue weighted by Gasteiger charge is -2.30. The third kappa shape index (κ3) is 6.55. The van der Waals surface area contributed by atoms with Gasteiger partial charge >= 0.3 is 6.09 Å². The summed E-state index contributed by atoms with van der Waals surface area (Å²) in [6, 6.07) is 6.71. The van der Waals surface area contributed by atoms with Gasteiger partial charge in [-0.1, -0.05) is 17.7 Å². The van der Waals surface area contributed by atoms with Crippen LogP contribution in [0.1, 0.15) is 46.5 Å². The molecular weight excluding hydrogens is 407 g/mol. The van der Waals surface area contributed by atoms with Gasteiger partial charge in [-0.2, -0.15) is 4.39 Å². The summed E-state index contributed by atoms with van der Waals surface area (Å²) >= 11 is 6.25. The van der Waals surface area contributed by atoms with Crippen molar-refractivity contribution in [2.24, 2.45) is 5.92 Å². The number of pyridine rings is 2. The number of hydrogen-bond donors (Lipinski definition) is 2. The van der Waals surface area contributed by atoms with Gasteiger partial charge in [-0.25, -0.2) is 14.8 Å². The SMILES string of the molecule is CC(C)(C)OC(=O)NCC1CCC(Nc2cc(-c3cccc(F)n3)c(Cl)cn2)CC1. The fourth-order valence-electron chi connectivity index (χ4n) is 3.53. The minimum atomic E-state index is -0.548. The van der Waals surface area contributed by atoms with E-state index in [4.69, 9.17) is 16.3 Å². The van der Waals surface area contributed by atoms with Gasteiger partial charge < -0.3 is 15.4 Å². The molecule has 30 heavy (non-hydrogen) atoms. The number of hydrogen-bond acceptors (Lipinski definition) is 5. The number of alkyl carbamates (subject to hydrolysis) is 1. The number of anilines is 1.